The van der Waals surface area contributed by atoms with E-state index in [1.807, 2.05) is 0 Å². The largest absolute Gasteiger partial charge is 0.490 e. The Morgan fingerprint density at radius 1 is 1.07 bits per heavy atom. The first-order valence-electron chi connectivity index (χ1n) is 12.4. The Morgan fingerprint density at radius 2 is 1.67 bits per heavy atom. The zero-order chi connectivity index (χ0) is 35.0. The van der Waals surface area contributed by atoms with Crippen LogP contribution in [0.5, 0.6) is 0 Å². The maximum Gasteiger partial charge on any atom is 0.490 e. The van der Waals surface area contributed by atoms with Crippen molar-refractivity contribution in [2.24, 2.45) is 5.73 Å². The minimum absolute atomic E-state index is 0.0252. The van der Waals surface area contributed by atoms with Gasteiger partial charge < -0.3 is 26.4 Å². The summed E-state index contributed by atoms with van der Waals surface area (Å²) in [6.07, 6.45) is -3.97. The monoisotopic (exact) mass is 721 g/mol. The highest BCUT2D eigenvalue weighted by Crippen LogP contribution is 2.39. The third-order valence-electron chi connectivity index (χ3n) is 5.68. The van der Waals surface area contributed by atoms with Gasteiger partial charge in [-0.25, -0.2) is 13.2 Å². The summed E-state index contributed by atoms with van der Waals surface area (Å²) < 4.78 is 59.4. The Balaban J connectivity index is 0.000000942. The Bertz CT molecular complexity index is 1760. The number of nitrogens with two attached hydrogens (primary N) is 1. The predicted octanol–water partition coefficient (Wildman–Crippen LogP) is 4.80. The molecule has 7 N–H and O–H groups in total. The molecule has 0 aliphatic carbocycles. The van der Waals surface area contributed by atoms with Gasteiger partial charge in [-0.2, -0.15) is 13.2 Å². The number of amides is 1. The second-order valence-corrected chi connectivity index (χ2v) is 14.2. The average Bonchev–Trinajstić information content (AvgIpc) is 3.41. The molecule has 46 heavy (non-hydrogen) atoms. The number of hydrogen-bond acceptors (Lipinski definition) is 10. The fourth-order valence-corrected chi connectivity index (χ4v) is 8.39. The summed E-state index contributed by atoms with van der Waals surface area (Å²) >= 11 is 3.08. The minimum atomic E-state index is -5.08. The summed E-state index contributed by atoms with van der Waals surface area (Å²) in [6.45, 7) is 1.80. The Labute approximate surface area is 272 Å². The van der Waals surface area contributed by atoms with Crippen molar-refractivity contribution < 1.29 is 56.1 Å². The molecule has 0 bridgehead atoms. The number of carboxylic acids is 3. The number of carbonyl (C=O) groups excluding carboxylic acids is 1. The number of carbonyl (C=O) groups is 4. The number of halogens is 3. The van der Waals surface area contributed by atoms with Crippen molar-refractivity contribution in [3.05, 3.63) is 59.0 Å². The van der Waals surface area contributed by atoms with Crippen molar-refractivity contribution in [1.29, 1.82) is 5.41 Å². The SMILES string of the molecule is CSc1sc(C(=N)N)cc1S(=O)(=O)c1cccc(-c2c(C)cccc2NC(=O)CSC(CC(=O)O)C(=O)O)c1.O=C(O)C(F)(F)F. The van der Waals surface area contributed by atoms with Crippen molar-refractivity contribution in [3.63, 3.8) is 0 Å². The molecule has 3 aromatic rings. The molecule has 0 saturated heterocycles. The summed E-state index contributed by atoms with van der Waals surface area (Å²) in [4.78, 5) is 44.2. The standard InChI is InChI=1S/C25H25N3O7S4.C2HF3O2/c1-13-5-3-8-16(28-20(29)12-37-18(24(32)33)11-21(30)31)22(13)14-6-4-7-15(9-14)39(34,35)19-10-17(23(26)27)38-25(19)36-2;3-2(4,5)1(6)7/h3-10,18H,11-12H2,1-2H3,(H3,26,27)(H,28,29)(H,30,31)(H,32,33);(H,6,7). The molecule has 1 aromatic heterocycles. The van der Waals surface area contributed by atoms with E-state index >= 15 is 0 Å². The first-order chi connectivity index (χ1) is 21.3. The van der Waals surface area contributed by atoms with Crippen molar-refractivity contribution in [2.45, 2.75) is 38.8 Å². The van der Waals surface area contributed by atoms with Crippen LogP contribution >= 0.6 is 34.9 Å². The second-order valence-electron chi connectivity index (χ2n) is 9.00. The lowest BCUT2D eigenvalue weighted by molar-refractivity contribution is -0.192. The van der Waals surface area contributed by atoms with Gasteiger partial charge in [-0.3, -0.25) is 19.8 Å². The molecular formula is C27H26F3N3O9S4. The minimum Gasteiger partial charge on any atom is -0.481 e. The number of aliphatic carboxylic acids is 3. The van der Waals surface area contributed by atoms with Crippen LogP contribution in [0, 0.1) is 12.3 Å². The van der Waals surface area contributed by atoms with E-state index in [4.69, 9.17) is 26.2 Å². The van der Waals surface area contributed by atoms with E-state index in [2.05, 4.69) is 5.32 Å². The lowest BCUT2D eigenvalue weighted by atomic mass is 9.98. The number of carboxylic acid groups (broad SMARTS) is 3. The lowest BCUT2D eigenvalue weighted by Crippen LogP contribution is -2.24. The molecule has 1 amide bonds. The van der Waals surface area contributed by atoms with E-state index in [9.17, 15) is 41.1 Å². The van der Waals surface area contributed by atoms with Crippen LogP contribution in [-0.2, 0) is 29.0 Å². The molecule has 19 heteroatoms. The fraction of sp³-hybridized carbons (Fsp3) is 0.222. The number of benzene rings is 2. The number of rotatable bonds is 12. The molecule has 0 saturated carbocycles. The normalized spacial score (nSPS) is 11.9. The van der Waals surface area contributed by atoms with E-state index in [1.165, 1.54) is 30.0 Å². The molecule has 0 fully saturated rings. The summed E-state index contributed by atoms with van der Waals surface area (Å²) in [5.74, 6) is -6.41. The van der Waals surface area contributed by atoms with Crippen molar-refractivity contribution in [3.8, 4) is 11.1 Å². The number of thiophene rings is 1. The average molecular weight is 722 g/mol. The van der Waals surface area contributed by atoms with Gasteiger partial charge >= 0.3 is 24.1 Å². The number of nitrogens with one attached hydrogen (secondary N) is 2. The molecule has 2 aromatic carbocycles. The summed E-state index contributed by atoms with van der Waals surface area (Å²) in [5, 5.41) is 34.4. The molecule has 0 aliphatic rings. The van der Waals surface area contributed by atoms with Gasteiger partial charge in [-0.1, -0.05) is 24.3 Å². The maximum absolute atomic E-state index is 13.6. The quantitative estimate of drug-likeness (QED) is 0.0843. The van der Waals surface area contributed by atoms with E-state index in [0.29, 0.717) is 37.7 Å². The van der Waals surface area contributed by atoms with E-state index in [-0.39, 0.29) is 21.4 Å². The van der Waals surface area contributed by atoms with E-state index in [1.54, 1.807) is 43.5 Å². The van der Waals surface area contributed by atoms with Crippen LogP contribution < -0.4 is 11.1 Å². The molecule has 1 heterocycles. The highest BCUT2D eigenvalue weighted by Gasteiger charge is 2.38. The number of alkyl halides is 3. The summed E-state index contributed by atoms with van der Waals surface area (Å²) in [5.41, 5.74) is 7.82. The lowest BCUT2D eigenvalue weighted by Gasteiger charge is -2.16. The fourth-order valence-electron chi connectivity index (χ4n) is 3.66. The van der Waals surface area contributed by atoms with Crippen LogP contribution in [0.25, 0.3) is 11.1 Å². The molecule has 0 aliphatic heterocycles. The van der Waals surface area contributed by atoms with Crippen LogP contribution in [0.1, 0.15) is 16.9 Å². The van der Waals surface area contributed by atoms with Gasteiger partial charge in [0, 0.05) is 11.3 Å². The molecule has 1 unspecified atom stereocenters. The van der Waals surface area contributed by atoms with Crippen LogP contribution in [0.4, 0.5) is 18.9 Å². The highest BCUT2D eigenvalue weighted by atomic mass is 32.2. The molecule has 1 atom stereocenters. The van der Waals surface area contributed by atoms with Gasteiger partial charge in [0.2, 0.25) is 15.7 Å². The second kappa shape index (κ2) is 16.0. The maximum atomic E-state index is 13.6. The number of aryl methyl sites for hydroxylation is 1. The third-order valence-corrected chi connectivity index (χ3v) is 11.2. The first kappa shape index (κ1) is 38.1. The van der Waals surface area contributed by atoms with Crippen LogP contribution in [-0.4, -0.2) is 76.8 Å². The number of thioether (sulfide) groups is 2. The van der Waals surface area contributed by atoms with Crippen molar-refractivity contribution >= 4 is 80.0 Å². The van der Waals surface area contributed by atoms with Crippen molar-refractivity contribution in [1.82, 2.24) is 0 Å². The van der Waals surface area contributed by atoms with Crippen LogP contribution in [0.15, 0.2) is 62.5 Å². The van der Waals surface area contributed by atoms with Gasteiger partial charge in [0.05, 0.1) is 31.1 Å². The molecule has 3 rings (SSSR count). The molecular weight excluding hydrogens is 696 g/mol. The number of hydrogen-bond donors (Lipinski definition) is 6. The Hall–Kier alpha value is -4.07. The van der Waals surface area contributed by atoms with E-state index < -0.39 is 51.5 Å². The summed E-state index contributed by atoms with van der Waals surface area (Å²) in [6, 6.07) is 12.8. The first-order valence-corrected chi connectivity index (χ1v) is 17.0. The smallest absolute Gasteiger partial charge is 0.481 e. The van der Waals surface area contributed by atoms with Crippen LogP contribution in [0.3, 0.4) is 0 Å². The molecule has 12 nitrogen and oxygen atoms in total. The number of sulfone groups is 1. The van der Waals surface area contributed by atoms with Crippen molar-refractivity contribution in [2.75, 3.05) is 17.3 Å². The predicted molar refractivity (Wildman–Crippen MR) is 168 cm³/mol. The molecule has 0 spiro atoms. The zero-order valence-corrected chi connectivity index (χ0v) is 27.0. The van der Waals surface area contributed by atoms with E-state index in [0.717, 1.165) is 16.9 Å². The Kier molecular flexibility index (Phi) is 13.2. The van der Waals surface area contributed by atoms with Gasteiger partial charge in [0.1, 0.15) is 11.1 Å². The van der Waals surface area contributed by atoms with Gasteiger partial charge in [0.15, 0.2) is 0 Å². The third kappa shape index (κ3) is 10.2. The van der Waals surface area contributed by atoms with Gasteiger partial charge in [-0.15, -0.1) is 34.9 Å². The summed E-state index contributed by atoms with van der Waals surface area (Å²) in [7, 11) is -3.97. The number of amidine groups is 1. The highest BCUT2D eigenvalue weighted by molar-refractivity contribution is 8.01. The molecule has 0 radical (unpaired) electrons. The molecule has 248 valence electrons. The van der Waals surface area contributed by atoms with Gasteiger partial charge in [-0.05, 0) is 48.6 Å². The topological polar surface area (TPSA) is 225 Å². The van der Waals surface area contributed by atoms with Crippen LogP contribution in [0.2, 0.25) is 0 Å². The zero-order valence-electron chi connectivity index (χ0n) is 23.7. The number of anilines is 1. The Morgan fingerprint density at radius 3 is 2.20 bits per heavy atom. The van der Waals surface area contributed by atoms with Gasteiger partial charge in [0.25, 0.3) is 0 Å². The number of nitrogen functional groups attached to an aromatic ring is 1.